The quantitative estimate of drug-likeness (QED) is 0.687. The Kier molecular flexibility index (Phi) is 4.19. The third kappa shape index (κ3) is 3.13. The molecule has 0 aliphatic rings. The fourth-order valence-electron chi connectivity index (χ4n) is 2.27. The first kappa shape index (κ1) is 15.0. The van der Waals surface area contributed by atoms with Gasteiger partial charge in [-0.2, -0.15) is 5.10 Å². The van der Waals surface area contributed by atoms with Crippen LogP contribution in [0.25, 0.3) is 16.9 Å². The minimum Gasteiger partial charge on any atom is -0.462 e. The van der Waals surface area contributed by atoms with Gasteiger partial charge in [0, 0.05) is 11.8 Å². The van der Waals surface area contributed by atoms with Crippen LogP contribution in [0.4, 0.5) is 4.39 Å². The van der Waals surface area contributed by atoms with E-state index in [0.717, 1.165) is 5.69 Å². The number of hydrogen-bond donors (Lipinski definition) is 0. The molecule has 0 atom stereocenters. The van der Waals surface area contributed by atoms with Crippen LogP contribution in [0.1, 0.15) is 17.3 Å². The zero-order valence-electron chi connectivity index (χ0n) is 12.6. The average Bonchev–Trinajstić information content (AvgIpc) is 3.02. The van der Waals surface area contributed by atoms with Gasteiger partial charge in [-0.25, -0.2) is 13.9 Å². The molecular weight excluding hydrogens is 295 g/mol. The first-order valence-corrected chi connectivity index (χ1v) is 7.27. The number of aromatic nitrogens is 2. The summed E-state index contributed by atoms with van der Waals surface area (Å²) in [6.07, 6.45) is 1.63. The van der Waals surface area contributed by atoms with Crippen molar-refractivity contribution >= 4 is 5.97 Å². The molecule has 1 aromatic heterocycles. The Labute approximate surface area is 133 Å². The van der Waals surface area contributed by atoms with Gasteiger partial charge < -0.3 is 4.74 Å². The normalized spacial score (nSPS) is 10.5. The molecular formula is C18H15FN2O2. The van der Waals surface area contributed by atoms with E-state index in [1.54, 1.807) is 29.9 Å². The van der Waals surface area contributed by atoms with Crippen LogP contribution < -0.4 is 0 Å². The van der Waals surface area contributed by atoms with Crippen LogP contribution in [0, 0.1) is 5.82 Å². The average molecular weight is 310 g/mol. The van der Waals surface area contributed by atoms with Crippen molar-refractivity contribution in [2.24, 2.45) is 0 Å². The summed E-state index contributed by atoms with van der Waals surface area (Å²) >= 11 is 0. The smallest absolute Gasteiger partial charge is 0.342 e. The third-order valence-electron chi connectivity index (χ3n) is 3.35. The van der Waals surface area contributed by atoms with Gasteiger partial charge in [0.1, 0.15) is 17.1 Å². The highest BCUT2D eigenvalue weighted by molar-refractivity contribution is 5.96. The van der Waals surface area contributed by atoms with Crippen LogP contribution in [-0.4, -0.2) is 22.4 Å². The standard InChI is InChI=1S/C18H15FN2O2/c1-2-23-18(22)16-12-21(15-6-4-3-5-7-15)20-17(16)13-8-10-14(19)11-9-13/h3-12H,2H2,1H3. The molecule has 0 bridgehead atoms. The zero-order valence-corrected chi connectivity index (χ0v) is 12.6. The molecule has 0 amide bonds. The fourth-order valence-corrected chi connectivity index (χ4v) is 2.27. The van der Waals surface area contributed by atoms with Gasteiger partial charge in [0.25, 0.3) is 0 Å². The maximum absolute atomic E-state index is 13.1. The van der Waals surface area contributed by atoms with E-state index in [9.17, 15) is 9.18 Å². The monoisotopic (exact) mass is 310 g/mol. The van der Waals surface area contributed by atoms with Crippen molar-refractivity contribution in [3.8, 4) is 16.9 Å². The van der Waals surface area contributed by atoms with E-state index in [1.165, 1.54) is 12.1 Å². The SMILES string of the molecule is CCOC(=O)c1cn(-c2ccccc2)nc1-c1ccc(F)cc1. The second-order valence-corrected chi connectivity index (χ2v) is 4.90. The largest absolute Gasteiger partial charge is 0.462 e. The maximum atomic E-state index is 13.1. The molecule has 0 unspecified atom stereocenters. The Morgan fingerprint density at radius 2 is 1.83 bits per heavy atom. The number of benzene rings is 2. The van der Waals surface area contributed by atoms with Gasteiger partial charge in [-0.05, 0) is 43.3 Å². The molecule has 23 heavy (non-hydrogen) atoms. The van der Waals surface area contributed by atoms with E-state index in [4.69, 9.17) is 4.74 Å². The van der Waals surface area contributed by atoms with E-state index >= 15 is 0 Å². The van der Waals surface area contributed by atoms with Crippen molar-refractivity contribution < 1.29 is 13.9 Å². The van der Waals surface area contributed by atoms with Gasteiger partial charge in [0.15, 0.2) is 0 Å². The second-order valence-electron chi connectivity index (χ2n) is 4.90. The van der Waals surface area contributed by atoms with Crippen molar-refractivity contribution in [2.75, 3.05) is 6.61 Å². The number of rotatable bonds is 4. The lowest BCUT2D eigenvalue weighted by molar-refractivity contribution is 0.0527. The lowest BCUT2D eigenvalue weighted by atomic mass is 10.1. The van der Waals surface area contributed by atoms with Gasteiger partial charge in [-0.15, -0.1) is 0 Å². The summed E-state index contributed by atoms with van der Waals surface area (Å²) in [7, 11) is 0. The molecule has 0 radical (unpaired) electrons. The van der Waals surface area contributed by atoms with Crippen molar-refractivity contribution in [3.05, 3.63) is 72.2 Å². The topological polar surface area (TPSA) is 44.1 Å². The van der Waals surface area contributed by atoms with E-state index in [2.05, 4.69) is 5.10 Å². The van der Waals surface area contributed by atoms with Crippen LogP contribution in [0.15, 0.2) is 60.8 Å². The summed E-state index contributed by atoms with van der Waals surface area (Å²) < 4.78 is 19.8. The molecule has 3 aromatic rings. The Bertz CT molecular complexity index is 811. The van der Waals surface area contributed by atoms with E-state index in [1.807, 2.05) is 30.3 Å². The molecule has 4 nitrogen and oxygen atoms in total. The highest BCUT2D eigenvalue weighted by Crippen LogP contribution is 2.24. The Balaban J connectivity index is 2.10. The Morgan fingerprint density at radius 3 is 2.48 bits per heavy atom. The molecule has 116 valence electrons. The predicted octanol–water partition coefficient (Wildman–Crippen LogP) is 3.86. The Morgan fingerprint density at radius 1 is 1.13 bits per heavy atom. The number of nitrogens with zero attached hydrogens (tertiary/aromatic N) is 2. The molecule has 3 rings (SSSR count). The lowest BCUT2D eigenvalue weighted by Gasteiger charge is -2.02. The summed E-state index contributed by atoms with van der Waals surface area (Å²) in [5, 5.41) is 4.48. The van der Waals surface area contributed by atoms with Crippen molar-refractivity contribution in [2.45, 2.75) is 6.92 Å². The molecule has 0 saturated heterocycles. The first-order chi connectivity index (χ1) is 11.2. The predicted molar refractivity (Wildman–Crippen MR) is 84.9 cm³/mol. The van der Waals surface area contributed by atoms with Crippen molar-refractivity contribution in [1.82, 2.24) is 9.78 Å². The van der Waals surface area contributed by atoms with Gasteiger partial charge in [0.2, 0.25) is 0 Å². The molecule has 0 spiro atoms. The highest BCUT2D eigenvalue weighted by Gasteiger charge is 2.19. The number of ether oxygens (including phenoxy) is 1. The van der Waals surface area contributed by atoms with Gasteiger partial charge in [-0.3, -0.25) is 0 Å². The van der Waals surface area contributed by atoms with E-state index < -0.39 is 5.97 Å². The minimum absolute atomic E-state index is 0.276. The van der Waals surface area contributed by atoms with Crippen LogP contribution >= 0.6 is 0 Å². The van der Waals surface area contributed by atoms with E-state index in [0.29, 0.717) is 16.8 Å². The van der Waals surface area contributed by atoms with E-state index in [-0.39, 0.29) is 12.4 Å². The van der Waals surface area contributed by atoms with Crippen molar-refractivity contribution in [1.29, 1.82) is 0 Å². The number of halogens is 1. The third-order valence-corrected chi connectivity index (χ3v) is 3.35. The fraction of sp³-hybridized carbons (Fsp3) is 0.111. The van der Waals surface area contributed by atoms with Crippen LogP contribution in [0.3, 0.4) is 0 Å². The van der Waals surface area contributed by atoms with Crippen LogP contribution in [0.5, 0.6) is 0 Å². The van der Waals surface area contributed by atoms with Crippen LogP contribution in [-0.2, 0) is 4.74 Å². The summed E-state index contributed by atoms with van der Waals surface area (Å²) in [5.74, 6) is -0.789. The minimum atomic E-state index is -0.450. The maximum Gasteiger partial charge on any atom is 0.342 e. The molecule has 0 fully saturated rings. The summed E-state index contributed by atoms with van der Waals surface area (Å²) in [6, 6.07) is 15.3. The van der Waals surface area contributed by atoms with Crippen LogP contribution in [0.2, 0.25) is 0 Å². The molecule has 1 heterocycles. The van der Waals surface area contributed by atoms with Gasteiger partial charge in [0.05, 0.1) is 12.3 Å². The Hall–Kier alpha value is -2.95. The highest BCUT2D eigenvalue weighted by atomic mass is 19.1. The summed E-state index contributed by atoms with van der Waals surface area (Å²) in [4.78, 5) is 12.2. The van der Waals surface area contributed by atoms with Crippen molar-refractivity contribution in [3.63, 3.8) is 0 Å². The molecule has 0 N–H and O–H groups in total. The number of para-hydroxylation sites is 1. The molecule has 0 aliphatic carbocycles. The molecule has 2 aromatic carbocycles. The molecule has 5 heteroatoms. The molecule has 0 aliphatic heterocycles. The number of esters is 1. The number of hydrogen-bond acceptors (Lipinski definition) is 3. The first-order valence-electron chi connectivity index (χ1n) is 7.27. The number of carbonyl (C=O) groups is 1. The van der Waals surface area contributed by atoms with Gasteiger partial charge in [-0.1, -0.05) is 18.2 Å². The lowest BCUT2D eigenvalue weighted by Crippen LogP contribution is -2.05. The zero-order chi connectivity index (χ0) is 16.2. The summed E-state index contributed by atoms with van der Waals surface area (Å²) in [5.41, 5.74) is 2.30. The van der Waals surface area contributed by atoms with Gasteiger partial charge >= 0.3 is 5.97 Å². The number of carbonyl (C=O) groups excluding carboxylic acids is 1. The second kappa shape index (κ2) is 6.44. The molecule has 0 saturated carbocycles. The summed E-state index contributed by atoms with van der Waals surface area (Å²) in [6.45, 7) is 2.02.